The number of imidazole rings is 1. The molecule has 5 heterocycles. The van der Waals surface area contributed by atoms with Crippen LogP contribution in [-0.4, -0.2) is 123 Å². The number of hydrogen-bond donors (Lipinski definition) is 3. The Morgan fingerprint density at radius 3 is 2.32 bits per heavy atom. The van der Waals surface area contributed by atoms with E-state index in [4.69, 9.17) is 19.4 Å². The molecule has 3 N–H and O–H groups in total. The minimum atomic E-state index is -0.687. The Hall–Kier alpha value is -5.42. The van der Waals surface area contributed by atoms with Crippen LogP contribution >= 0.6 is 0 Å². The molecule has 1 unspecified atom stereocenters. The van der Waals surface area contributed by atoms with Crippen LogP contribution in [0.25, 0.3) is 33.2 Å². The first-order chi connectivity index (χ1) is 33.7. The Kier molecular flexibility index (Phi) is 18.1. The second-order valence-electron chi connectivity index (χ2n) is 19.3. The number of carbonyl (C=O) groups excluding carboxylic acids is 3. The van der Waals surface area contributed by atoms with E-state index in [1.807, 2.05) is 24.4 Å². The number of unbranched alkanes of at least 4 members (excludes halogenated alkanes) is 1. The van der Waals surface area contributed by atoms with Gasteiger partial charge >= 0.3 is 5.69 Å². The van der Waals surface area contributed by atoms with Crippen molar-refractivity contribution in [3.63, 3.8) is 0 Å². The summed E-state index contributed by atoms with van der Waals surface area (Å²) in [6.07, 6.45) is 18.0. The molecule has 0 spiro atoms. The summed E-state index contributed by atoms with van der Waals surface area (Å²) in [5.74, 6) is 0.0988. The number of nitrogens with one attached hydrogen (secondary N) is 3. The molecular formula is C53H74N10O6. The zero-order valence-corrected chi connectivity index (χ0v) is 41.0. The van der Waals surface area contributed by atoms with Crippen molar-refractivity contribution in [2.24, 2.45) is 7.05 Å². The van der Waals surface area contributed by atoms with Crippen LogP contribution in [0.15, 0.2) is 59.7 Å². The van der Waals surface area contributed by atoms with Gasteiger partial charge in [0, 0.05) is 122 Å². The summed E-state index contributed by atoms with van der Waals surface area (Å²) >= 11 is 0. The van der Waals surface area contributed by atoms with Crippen molar-refractivity contribution in [1.29, 1.82) is 0 Å². The molecule has 1 atom stereocenters. The Morgan fingerprint density at radius 2 is 1.55 bits per heavy atom. The van der Waals surface area contributed by atoms with Gasteiger partial charge in [0.1, 0.15) is 11.7 Å². The van der Waals surface area contributed by atoms with Crippen molar-refractivity contribution in [3.05, 3.63) is 76.5 Å². The molecule has 3 aromatic heterocycles. The van der Waals surface area contributed by atoms with Crippen LogP contribution in [0.4, 0.5) is 5.95 Å². The Morgan fingerprint density at radius 1 is 0.812 bits per heavy atom. The lowest BCUT2D eigenvalue weighted by atomic mass is 9.95. The van der Waals surface area contributed by atoms with Gasteiger partial charge in [-0.3, -0.25) is 33.7 Å². The van der Waals surface area contributed by atoms with Crippen LogP contribution < -0.4 is 21.6 Å². The standard InChI is InChI=1S/C53H74N10O6/c1-3-4-24-55-52-56-36-43-44(38-62(50(43)58-52)42-13-6-5-7-14-42)41-19-16-40(17-20-41)37-61-29-27-60(28-30-61)26-8-15-48(64)54-25-10-32-69-34-11-33-68-31-9-12-39-18-21-45-47(35-39)59(2)53(67)63(45)46-22-23-49(65)57-51(46)66/h16-21,35-36,38,42,46H,3-15,22-34,37H2,1-2H3,(H,54,64)(H,55,56,58)(H,57,65,66). The van der Waals surface area contributed by atoms with Crippen LogP contribution in [0, 0.1) is 0 Å². The number of ether oxygens (including phenoxy) is 2. The number of fused-ring (bicyclic) bond motifs is 2. The molecule has 2 saturated heterocycles. The van der Waals surface area contributed by atoms with Gasteiger partial charge in [0.05, 0.1) is 11.0 Å². The minimum Gasteiger partial charge on any atom is -0.381 e. The maximum Gasteiger partial charge on any atom is 0.329 e. The fourth-order valence-electron chi connectivity index (χ4n) is 10.2. The first-order valence-electron chi connectivity index (χ1n) is 25.9. The lowest BCUT2D eigenvalue weighted by Gasteiger charge is -2.34. The van der Waals surface area contributed by atoms with E-state index in [2.05, 4.69) is 67.7 Å². The summed E-state index contributed by atoms with van der Waals surface area (Å²) in [7, 11) is 1.71. The number of piperazine rings is 1. The summed E-state index contributed by atoms with van der Waals surface area (Å²) in [5, 5.41) is 9.96. The number of aryl methyl sites for hydroxylation is 2. The molecule has 1 aliphatic carbocycles. The lowest BCUT2D eigenvalue weighted by molar-refractivity contribution is -0.135. The number of anilines is 1. The van der Waals surface area contributed by atoms with Crippen molar-refractivity contribution in [2.75, 3.05) is 77.6 Å². The van der Waals surface area contributed by atoms with E-state index in [1.54, 1.807) is 11.6 Å². The zero-order valence-electron chi connectivity index (χ0n) is 41.0. The maximum absolute atomic E-state index is 13.0. The number of nitrogens with zero attached hydrogens (tertiary/aromatic N) is 7. The number of benzene rings is 2. The van der Waals surface area contributed by atoms with Crippen molar-refractivity contribution in [1.82, 2.24) is 44.1 Å². The van der Waals surface area contributed by atoms with Gasteiger partial charge in [0.25, 0.3) is 0 Å². The molecule has 1 saturated carbocycles. The van der Waals surface area contributed by atoms with E-state index in [9.17, 15) is 19.2 Å². The van der Waals surface area contributed by atoms with Crippen molar-refractivity contribution >= 4 is 45.7 Å². The third-order valence-electron chi connectivity index (χ3n) is 14.2. The topological polar surface area (TPSA) is 170 Å². The Balaban J connectivity index is 0.649. The van der Waals surface area contributed by atoms with Gasteiger partial charge in [-0.15, -0.1) is 0 Å². The molecule has 0 radical (unpaired) electrons. The predicted octanol–water partition coefficient (Wildman–Crippen LogP) is 6.91. The highest BCUT2D eigenvalue weighted by molar-refractivity contribution is 6.00. The molecule has 3 fully saturated rings. The number of rotatable bonds is 25. The SMILES string of the molecule is CCCCNc1ncc2c(-c3ccc(CN4CCN(CCCC(=O)NCCCOCCCOCCCc5ccc6c(c5)n(C)c(=O)n6C5CCC(=O)NC5=O)CC4)cc3)cn(C3CCCCC3)c2n1. The molecule has 8 rings (SSSR count). The highest BCUT2D eigenvalue weighted by Gasteiger charge is 2.31. The smallest absolute Gasteiger partial charge is 0.329 e. The van der Waals surface area contributed by atoms with Crippen molar-refractivity contribution in [2.45, 2.75) is 122 Å². The number of carbonyl (C=O) groups is 3. The highest BCUT2D eigenvalue weighted by Crippen LogP contribution is 2.37. The van der Waals surface area contributed by atoms with Crippen LogP contribution in [0.3, 0.4) is 0 Å². The number of imide groups is 1. The molecule has 16 heteroatoms. The van der Waals surface area contributed by atoms with Crippen LogP contribution in [0.2, 0.25) is 0 Å². The maximum atomic E-state index is 13.0. The molecule has 2 aromatic carbocycles. The Labute approximate surface area is 406 Å². The fourth-order valence-corrected chi connectivity index (χ4v) is 10.2. The zero-order chi connectivity index (χ0) is 48.0. The predicted molar refractivity (Wildman–Crippen MR) is 270 cm³/mol. The van der Waals surface area contributed by atoms with E-state index in [1.165, 1.54) is 53.4 Å². The van der Waals surface area contributed by atoms with Crippen LogP contribution in [0.5, 0.6) is 0 Å². The van der Waals surface area contributed by atoms with Crippen LogP contribution in [0.1, 0.15) is 120 Å². The number of amides is 3. The number of hydrogen-bond acceptors (Lipinski definition) is 11. The van der Waals surface area contributed by atoms with Gasteiger partial charge in [0.2, 0.25) is 23.7 Å². The molecule has 69 heavy (non-hydrogen) atoms. The summed E-state index contributed by atoms with van der Waals surface area (Å²) in [6.45, 7) is 12.1. The molecule has 0 bridgehead atoms. The van der Waals surface area contributed by atoms with Gasteiger partial charge < -0.3 is 29.6 Å². The van der Waals surface area contributed by atoms with Crippen LogP contribution in [-0.2, 0) is 43.9 Å². The van der Waals surface area contributed by atoms with Gasteiger partial charge in [-0.1, -0.05) is 62.9 Å². The van der Waals surface area contributed by atoms with E-state index < -0.39 is 11.9 Å². The van der Waals surface area contributed by atoms with E-state index in [-0.39, 0.29) is 23.9 Å². The van der Waals surface area contributed by atoms with Gasteiger partial charge in [0.15, 0.2) is 0 Å². The minimum absolute atomic E-state index is 0.107. The molecule has 3 aliphatic rings. The summed E-state index contributed by atoms with van der Waals surface area (Å²) < 4.78 is 17.1. The fraction of sp³-hybridized carbons (Fsp3) is 0.585. The monoisotopic (exact) mass is 947 g/mol. The van der Waals surface area contributed by atoms with E-state index >= 15 is 0 Å². The first-order valence-corrected chi connectivity index (χ1v) is 25.9. The molecule has 3 amide bonds. The molecule has 2 aliphatic heterocycles. The van der Waals surface area contributed by atoms with Gasteiger partial charge in [-0.2, -0.15) is 4.98 Å². The summed E-state index contributed by atoms with van der Waals surface area (Å²) in [6, 6.07) is 14.8. The quantitative estimate of drug-likeness (QED) is 0.0411. The Bertz CT molecular complexity index is 2540. The molecular weight excluding hydrogens is 873 g/mol. The van der Waals surface area contributed by atoms with Gasteiger partial charge in [-0.05, 0) is 93.2 Å². The second kappa shape index (κ2) is 24.9. The summed E-state index contributed by atoms with van der Waals surface area (Å²) in [4.78, 5) is 64.4. The third-order valence-corrected chi connectivity index (χ3v) is 14.2. The normalized spacial score (nSPS) is 17.5. The van der Waals surface area contributed by atoms with Crippen molar-refractivity contribution < 1.29 is 23.9 Å². The molecule has 372 valence electrons. The average Bonchev–Trinajstić information content (AvgIpc) is 3.86. The highest BCUT2D eigenvalue weighted by atomic mass is 16.5. The number of aromatic nitrogens is 5. The van der Waals surface area contributed by atoms with E-state index in [0.29, 0.717) is 57.4 Å². The average molecular weight is 947 g/mol. The summed E-state index contributed by atoms with van der Waals surface area (Å²) in [5.41, 5.74) is 7.08. The largest absolute Gasteiger partial charge is 0.381 e. The van der Waals surface area contributed by atoms with Crippen molar-refractivity contribution in [3.8, 4) is 11.1 Å². The first kappa shape index (κ1) is 50.0. The number of piperidine rings is 1. The second-order valence-corrected chi connectivity index (χ2v) is 19.3. The van der Waals surface area contributed by atoms with Gasteiger partial charge in [-0.25, -0.2) is 9.78 Å². The third kappa shape index (κ3) is 13.3. The molecule has 16 nitrogen and oxygen atoms in total. The molecule has 5 aromatic rings. The van der Waals surface area contributed by atoms with E-state index in [0.717, 1.165) is 119 Å². The lowest BCUT2D eigenvalue weighted by Crippen LogP contribution is -2.46.